The van der Waals surface area contributed by atoms with Crippen LogP contribution in [-0.2, 0) is 9.84 Å². The summed E-state index contributed by atoms with van der Waals surface area (Å²) in [5, 5.41) is 2.86. The average molecular weight is 280 g/mol. The standard InChI is InChI=1S/C11H24N2O2S2/c1-9(2)10(7-12-3)13-5-6-16-8-11(13)17(4,14)15/h9-12H,5-8H2,1-4H3. The van der Waals surface area contributed by atoms with Crippen LogP contribution in [-0.4, -0.2) is 62.6 Å². The van der Waals surface area contributed by atoms with Gasteiger partial charge in [-0.05, 0) is 13.0 Å². The van der Waals surface area contributed by atoms with Gasteiger partial charge in [-0.15, -0.1) is 0 Å². The van der Waals surface area contributed by atoms with Crippen molar-refractivity contribution in [1.29, 1.82) is 0 Å². The third-order valence-electron chi connectivity index (χ3n) is 3.23. The molecular weight excluding hydrogens is 256 g/mol. The molecule has 1 aliphatic rings. The Morgan fingerprint density at radius 1 is 1.47 bits per heavy atom. The van der Waals surface area contributed by atoms with Crippen molar-refractivity contribution >= 4 is 21.6 Å². The Morgan fingerprint density at radius 2 is 2.12 bits per heavy atom. The molecule has 1 aliphatic heterocycles. The van der Waals surface area contributed by atoms with E-state index in [0.29, 0.717) is 17.7 Å². The van der Waals surface area contributed by atoms with Crippen LogP contribution in [0.1, 0.15) is 13.8 Å². The number of sulfone groups is 1. The summed E-state index contributed by atoms with van der Waals surface area (Å²) < 4.78 is 23.7. The molecule has 1 saturated heterocycles. The predicted octanol–water partition coefficient (Wildman–Crippen LogP) is 0.650. The zero-order valence-electron chi connectivity index (χ0n) is 11.1. The van der Waals surface area contributed by atoms with Crippen molar-refractivity contribution in [3.63, 3.8) is 0 Å². The molecule has 1 rings (SSSR count). The molecule has 0 amide bonds. The first kappa shape index (κ1) is 15.3. The third kappa shape index (κ3) is 4.12. The van der Waals surface area contributed by atoms with Crippen LogP contribution in [0.3, 0.4) is 0 Å². The first-order chi connectivity index (χ1) is 7.88. The van der Waals surface area contributed by atoms with Gasteiger partial charge < -0.3 is 5.32 Å². The fraction of sp³-hybridized carbons (Fsp3) is 1.00. The summed E-state index contributed by atoms with van der Waals surface area (Å²) in [4.78, 5) is 2.17. The van der Waals surface area contributed by atoms with Gasteiger partial charge in [0.05, 0.1) is 0 Å². The highest BCUT2D eigenvalue weighted by atomic mass is 32.2. The maximum Gasteiger partial charge on any atom is 0.164 e. The fourth-order valence-electron chi connectivity index (χ4n) is 2.29. The summed E-state index contributed by atoms with van der Waals surface area (Å²) in [6.07, 6.45) is 1.35. The van der Waals surface area contributed by atoms with E-state index in [-0.39, 0.29) is 5.37 Å². The second-order valence-corrected chi connectivity index (χ2v) is 8.32. The van der Waals surface area contributed by atoms with E-state index in [1.807, 2.05) is 7.05 Å². The number of hydrogen-bond acceptors (Lipinski definition) is 5. The van der Waals surface area contributed by atoms with Crippen molar-refractivity contribution in [2.45, 2.75) is 25.3 Å². The second kappa shape index (κ2) is 6.41. The summed E-state index contributed by atoms with van der Waals surface area (Å²) in [6.45, 7) is 6.02. The topological polar surface area (TPSA) is 49.4 Å². The van der Waals surface area contributed by atoms with Crippen molar-refractivity contribution in [2.75, 3.05) is 37.9 Å². The van der Waals surface area contributed by atoms with Crippen LogP contribution in [0.15, 0.2) is 0 Å². The van der Waals surface area contributed by atoms with Gasteiger partial charge in [0, 0.05) is 36.9 Å². The Hall–Kier alpha value is 0.220. The summed E-state index contributed by atoms with van der Waals surface area (Å²) in [5.41, 5.74) is 0. The van der Waals surface area contributed by atoms with Crippen molar-refractivity contribution in [1.82, 2.24) is 10.2 Å². The Morgan fingerprint density at radius 3 is 2.59 bits per heavy atom. The third-order valence-corrected chi connectivity index (χ3v) is 5.89. The zero-order chi connectivity index (χ0) is 13.1. The van der Waals surface area contributed by atoms with Crippen LogP contribution in [0.25, 0.3) is 0 Å². The molecule has 0 bridgehead atoms. The molecule has 0 aliphatic carbocycles. The van der Waals surface area contributed by atoms with Crippen LogP contribution in [0, 0.1) is 5.92 Å². The number of nitrogens with one attached hydrogen (secondary N) is 1. The summed E-state index contributed by atoms with van der Waals surface area (Å²) in [6, 6.07) is 0.292. The highest BCUT2D eigenvalue weighted by Gasteiger charge is 2.36. The van der Waals surface area contributed by atoms with E-state index in [4.69, 9.17) is 0 Å². The van der Waals surface area contributed by atoms with Crippen molar-refractivity contribution in [3.05, 3.63) is 0 Å². The lowest BCUT2D eigenvalue weighted by Gasteiger charge is -2.41. The monoisotopic (exact) mass is 280 g/mol. The van der Waals surface area contributed by atoms with Crippen LogP contribution in [0.2, 0.25) is 0 Å². The van der Waals surface area contributed by atoms with Gasteiger partial charge in [-0.1, -0.05) is 13.8 Å². The van der Waals surface area contributed by atoms with Gasteiger partial charge in [0.2, 0.25) is 0 Å². The van der Waals surface area contributed by atoms with Gasteiger partial charge in [0.15, 0.2) is 9.84 Å². The highest BCUT2D eigenvalue weighted by Crippen LogP contribution is 2.25. The zero-order valence-corrected chi connectivity index (χ0v) is 12.8. The van der Waals surface area contributed by atoms with Crippen LogP contribution >= 0.6 is 11.8 Å². The first-order valence-corrected chi connectivity index (χ1v) is 9.15. The maximum atomic E-state index is 11.9. The lowest BCUT2D eigenvalue weighted by Crippen LogP contribution is -2.56. The van der Waals surface area contributed by atoms with E-state index in [1.165, 1.54) is 6.26 Å². The maximum absolute atomic E-state index is 11.9. The number of rotatable bonds is 5. The highest BCUT2D eigenvalue weighted by molar-refractivity contribution is 8.00. The van der Waals surface area contributed by atoms with Crippen LogP contribution in [0.5, 0.6) is 0 Å². The second-order valence-electron chi connectivity index (χ2n) is 4.97. The minimum absolute atomic E-state index is 0.292. The van der Waals surface area contributed by atoms with Gasteiger partial charge in [-0.25, -0.2) is 8.42 Å². The number of hydrogen-bond donors (Lipinski definition) is 1. The normalized spacial score (nSPS) is 25.1. The molecule has 1 fully saturated rings. The van der Waals surface area contributed by atoms with Gasteiger partial charge >= 0.3 is 0 Å². The predicted molar refractivity (Wildman–Crippen MR) is 75.2 cm³/mol. The molecule has 4 nitrogen and oxygen atoms in total. The molecule has 2 atom stereocenters. The molecule has 6 heteroatoms. The number of nitrogens with zero attached hydrogens (tertiary/aromatic N) is 1. The summed E-state index contributed by atoms with van der Waals surface area (Å²) in [7, 11) is -1.07. The molecule has 0 saturated carbocycles. The minimum atomic E-state index is -2.99. The van der Waals surface area contributed by atoms with Gasteiger partial charge in [-0.2, -0.15) is 11.8 Å². The summed E-state index contributed by atoms with van der Waals surface area (Å²) in [5.74, 6) is 2.18. The minimum Gasteiger partial charge on any atom is -0.318 e. The average Bonchev–Trinajstić information content (AvgIpc) is 2.24. The lowest BCUT2D eigenvalue weighted by molar-refractivity contribution is 0.150. The van der Waals surface area contributed by atoms with E-state index < -0.39 is 9.84 Å². The van der Waals surface area contributed by atoms with Gasteiger partial charge in [0.1, 0.15) is 5.37 Å². The molecule has 0 aromatic carbocycles. The quantitative estimate of drug-likeness (QED) is 0.801. The first-order valence-electron chi connectivity index (χ1n) is 6.05. The molecule has 1 N–H and O–H groups in total. The van der Waals surface area contributed by atoms with Gasteiger partial charge in [-0.3, -0.25) is 4.90 Å². The Balaban J connectivity index is 2.89. The van der Waals surface area contributed by atoms with Crippen LogP contribution < -0.4 is 5.32 Å². The molecule has 0 aromatic heterocycles. The molecule has 17 heavy (non-hydrogen) atoms. The fourth-order valence-corrected chi connectivity index (χ4v) is 5.22. The Kier molecular flexibility index (Phi) is 5.76. The van der Waals surface area contributed by atoms with E-state index in [9.17, 15) is 8.42 Å². The molecule has 0 radical (unpaired) electrons. The lowest BCUT2D eigenvalue weighted by atomic mass is 10.0. The SMILES string of the molecule is CNCC(C(C)C)N1CCSCC1S(C)(=O)=O. The number of thioether (sulfide) groups is 1. The van der Waals surface area contributed by atoms with E-state index in [1.54, 1.807) is 11.8 Å². The number of likely N-dealkylation sites (N-methyl/N-ethyl adjacent to an activating group) is 1. The van der Waals surface area contributed by atoms with E-state index >= 15 is 0 Å². The van der Waals surface area contributed by atoms with Crippen molar-refractivity contribution < 1.29 is 8.42 Å². The molecule has 0 aromatic rings. The Bertz CT molecular complexity index is 330. The van der Waals surface area contributed by atoms with Crippen molar-refractivity contribution in [2.24, 2.45) is 5.92 Å². The molecule has 1 heterocycles. The van der Waals surface area contributed by atoms with Crippen molar-refractivity contribution in [3.8, 4) is 0 Å². The van der Waals surface area contributed by atoms with E-state index in [0.717, 1.165) is 18.8 Å². The summed E-state index contributed by atoms with van der Waals surface area (Å²) >= 11 is 1.74. The molecule has 2 unspecified atom stereocenters. The largest absolute Gasteiger partial charge is 0.318 e. The molecular formula is C11H24N2O2S2. The van der Waals surface area contributed by atoms with E-state index in [2.05, 4.69) is 24.1 Å². The molecule has 102 valence electrons. The van der Waals surface area contributed by atoms with Crippen LogP contribution in [0.4, 0.5) is 0 Å². The molecule has 0 spiro atoms. The van der Waals surface area contributed by atoms with Gasteiger partial charge in [0.25, 0.3) is 0 Å². The smallest absolute Gasteiger partial charge is 0.164 e. The Labute approximate surface area is 109 Å².